The molecule has 0 aliphatic rings. The first-order valence-electron chi connectivity index (χ1n) is 20.4. The average Bonchev–Trinajstić information content (AvgIpc) is 3.08. The van der Waals surface area contributed by atoms with Gasteiger partial charge in [-0.25, -0.2) is 0 Å². The van der Waals surface area contributed by atoms with Crippen molar-refractivity contribution in [2.24, 2.45) is 0 Å². The molecule has 0 N–H and O–H groups in total. The molecular weight excluding hydrogens is 661 g/mol. The summed E-state index contributed by atoms with van der Waals surface area (Å²) in [6, 6.07) is 0. The van der Waals surface area contributed by atoms with Crippen LogP contribution in [0.25, 0.3) is 0 Å². The van der Waals surface area contributed by atoms with Gasteiger partial charge in [-0.05, 0) is 63.9 Å². The van der Waals surface area contributed by atoms with Crippen molar-refractivity contribution in [1.82, 2.24) is 0 Å². The molecule has 298 valence electrons. The Morgan fingerprint density at radius 3 is 1.67 bits per heavy atom. The minimum Gasteiger partial charge on any atom is -0.756 e. The molecule has 0 aromatic rings. The van der Waals surface area contributed by atoms with Crippen LogP contribution < -0.4 is 4.89 Å². The predicted octanol–water partition coefficient (Wildman–Crippen LogP) is 11.3. The topological polar surface area (TPSA) is 94.1 Å². The molecule has 0 radical (unpaired) electrons. The summed E-state index contributed by atoms with van der Waals surface area (Å²) in [6.07, 6.45) is 42.1. The van der Waals surface area contributed by atoms with Gasteiger partial charge in [0.2, 0.25) is 0 Å². The molecular formula is C42H78NO7P. The molecule has 0 aromatic carbocycles. The van der Waals surface area contributed by atoms with Crippen molar-refractivity contribution in [3.8, 4) is 0 Å². The molecule has 51 heavy (non-hydrogen) atoms. The maximum atomic E-state index is 12.6. The molecule has 0 fully saturated rings. The molecule has 0 saturated carbocycles. The summed E-state index contributed by atoms with van der Waals surface area (Å²) in [5.74, 6) is -0.394. The van der Waals surface area contributed by atoms with Crippen molar-refractivity contribution < 1.29 is 37.3 Å². The van der Waals surface area contributed by atoms with Crippen LogP contribution in [0.15, 0.2) is 48.8 Å². The van der Waals surface area contributed by atoms with Crippen LogP contribution in [0.3, 0.4) is 0 Å². The van der Waals surface area contributed by atoms with Crippen molar-refractivity contribution in [3.05, 3.63) is 48.8 Å². The van der Waals surface area contributed by atoms with Crippen molar-refractivity contribution in [1.29, 1.82) is 0 Å². The van der Waals surface area contributed by atoms with Crippen LogP contribution in [0.4, 0.5) is 0 Å². The standard InChI is InChI=1S/C42H78NO7P/c1-6-8-10-12-14-16-18-20-22-23-25-27-29-31-33-35-42(44)50-41(40-49-51(45,46)48-38-36-43(3,4)5)39-47-37-34-32-30-28-26-24-21-19-17-15-13-11-9-7-2/h14,16,20,22,25,27,34,37,41H,6-13,15,17-19,21,23-24,26,28-33,35-36,38-40H2,1-5H3/b16-14-,22-20-,27-25-,37-34-/t41-/m1/s1. The highest BCUT2D eigenvalue weighted by molar-refractivity contribution is 7.45. The molecule has 0 aliphatic heterocycles. The number of nitrogens with zero attached hydrogens (tertiary/aromatic N) is 1. The maximum Gasteiger partial charge on any atom is 0.306 e. The number of rotatable bonds is 37. The second kappa shape index (κ2) is 35.3. The van der Waals surface area contributed by atoms with Gasteiger partial charge < -0.3 is 27.9 Å². The van der Waals surface area contributed by atoms with Gasteiger partial charge in [0.25, 0.3) is 7.82 Å². The molecule has 8 nitrogen and oxygen atoms in total. The zero-order chi connectivity index (χ0) is 37.7. The van der Waals surface area contributed by atoms with Crippen LogP contribution in [-0.2, 0) is 27.9 Å². The SMILES string of the molecule is CCCCC/C=C\C/C=C\C/C=C\CCCCC(=O)O[C@H](CO/C=C\CCCCCCCCCCCCCC)COP(=O)([O-])OCC[N+](C)(C)C. The van der Waals surface area contributed by atoms with Gasteiger partial charge in [0.1, 0.15) is 19.8 Å². The van der Waals surface area contributed by atoms with Gasteiger partial charge in [-0.3, -0.25) is 9.36 Å². The second-order valence-corrected chi connectivity index (χ2v) is 16.1. The van der Waals surface area contributed by atoms with E-state index in [1.165, 1.54) is 96.3 Å². The van der Waals surface area contributed by atoms with Gasteiger partial charge in [-0.2, -0.15) is 0 Å². The van der Waals surface area contributed by atoms with Crippen molar-refractivity contribution >= 4 is 13.8 Å². The lowest BCUT2D eigenvalue weighted by atomic mass is 10.0. The van der Waals surface area contributed by atoms with Gasteiger partial charge in [0, 0.05) is 6.42 Å². The number of unbranched alkanes of at least 4 members (excludes halogenated alkanes) is 17. The number of esters is 1. The summed E-state index contributed by atoms with van der Waals surface area (Å²) < 4.78 is 34.2. The largest absolute Gasteiger partial charge is 0.756 e. The highest BCUT2D eigenvalue weighted by atomic mass is 31.2. The van der Waals surface area contributed by atoms with E-state index in [4.69, 9.17) is 18.5 Å². The Morgan fingerprint density at radius 2 is 1.10 bits per heavy atom. The Bertz CT molecular complexity index is 957. The summed E-state index contributed by atoms with van der Waals surface area (Å²) in [4.78, 5) is 24.9. The predicted molar refractivity (Wildman–Crippen MR) is 212 cm³/mol. The van der Waals surface area contributed by atoms with E-state index in [1.54, 1.807) is 6.26 Å². The lowest BCUT2D eigenvalue weighted by Crippen LogP contribution is -2.37. The Hall–Kier alpha value is -1.70. The van der Waals surface area contributed by atoms with Crippen LogP contribution in [0.2, 0.25) is 0 Å². The van der Waals surface area contributed by atoms with Gasteiger partial charge in [-0.1, -0.05) is 134 Å². The number of phosphoric ester groups is 1. The first-order chi connectivity index (χ1) is 24.6. The lowest BCUT2D eigenvalue weighted by Gasteiger charge is -2.28. The summed E-state index contributed by atoms with van der Waals surface area (Å²) in [6.45, 7) is 4.65. The first kappa shape index (κ1) is 49.3. The quantitative estimate of drug-likeness (QED) is 0.0156. The fourth-order valence-electron chi connectivity index (χ4n) is 5.22. The minimum atomic E-state index is -4.55. The number of carbonyl (C=O) groups excluding carboxylic acids is 1. The van der Waals surface area contributed by atoms with E-state index in [0.717, 1.165) is 38.5 Å². The smallest absolute Gasteiger partial charge is 0.306 e. The molecule has 0 aromatic heterocycles. The molecule has 9 heteroatoms. The van der Waals surface area contributed by atoms with Crippen LogP contribution in [0.5, 0.6) is 0 Å². The Kier molecular flexibility index (Phi) is 34.2. The van der Waals surface area contributed by atoms with Crippen molar-refractivity contribution in [3.63, 3.8) is 0 Å². The second-order valence-electron chi connectivity index (χ2n) is 14.7. The highest BCUT2D eigenvalue weighted by Gasteiger charge is 2.20. The maximum absolute atomic E-state index is 12.6. The van der Waals surface area contributed by atoms with E-state index < -0.39 is 19.9 Å². The van der Waals surface area contributed by atoms with Crippen molar-refractivity contribution in [2.45, 2.75) is 168 Å². The molecule has 0 saturated heterocycles. The van der Waals surface area contributed by atoms with E-state index in [0.29, 0.717) is 17.4 Å². The van der Waals surface area contributed by atoms with Crippen LogP contribution >= 0.6 is 7.82 Å². The third-order valence-electron chi connectivity index (χ3n) is 8.45. The summed E-state index contributed by atoms with van der Waals surface area (Å²) in [5.41, 5.74) is 0. The molecule has 0 rings (SSSR count). The van der Waals surface area contributed by atoms with Gasteiger partial charge in [-0.15, -0.1) is 0 Å². The Labute approximate surface area is 314 Å². The Balaban J connectivity index is 4.41. The zero-order valence-corrected chi connectivity index (χ0v) is 34.4. The van der Waals surface area contributed by atoms with Crippen LogP contribution in [-0.4, -0.2) is 64.1 Å². The summed E-state index contributed by atoms with van der Waals surface area (Å²) >= 11 is 0. The molecule has 1 unspecified atom stereocenters. The van der Waals surface area contributed by atoms with E-state index in [1.807, 2.05) is 27.2 Å². The first-order valence-corrected chi connectivity index (χ1v) is 21.9. The fourth-order valence-corrected chi connectivity index (χ4v) is 5.95. The Morgan fingerprint density at radius 1 is 0.627 bits per heavy atom. The molecule has 0 bridgehead atoms. The normalized spacial score (nSPS) is 14.3. The molecule has 0 spiro atoms. The number of likely N-dealkylation sites (N-methyl/N-ethyl adjacent to an activating group) is 1. The van der Waals surface area contributed by atoms with Crippen LogP contribution in [0, 0.1) is 0 Å². The van der Waals surface area contributed by atoms with Gasteiger partial charge >= 0.3 is 5.97 Å². The van der Waals surface area contributed by atoms with E-state index in [2.05, 4.69) is 50.3 Å². The highest BCUT2D eigenvalue weighted by Crippen LogP contribution is 2.38. The monoisotopic (exact) mass is 740 g/mol. The average molecular weight is 740 g/mol. The molecule has 2 atom stereocenters. The van der Waals surface area contributed by atoms with Gasteiger partial charge in [0.05, 0.1) is 34.0 Å². The molecule has 0 amide bonds. The number of ether oxygens (including phenoxy) is 2. The summed E-state index contributed by atoms with van der Waals surface area (Å²) in [7, 11) is 1.30. The van der Waals surface area contributed by atoms with E-state index in [-0.39, 0.29) is 26.2 Å². The molecule has 0 heterocycles. The summed E-state index contributed by atoms with van der Waals surface area (Å²) in [5, 5.41) is 0. The fraction of sp³-hybridized carbons (Fsp3) is 0.786. The molecule has 0 aliphatic carbocycles. The third kappa shape index (κ3) is 39.3. The van der Waals surface area contributed by atoms with E-state index >= 15 is 0 Å². The number of hydrogen-bond donors (Lipinski definition) is 0. The number of hydrogen-bond acceptors (Lipinski definition) is 7. The minimum absolute atomic E-state index is 0.00443. The number of phosphoric acid groups is 1. The number of quaternary nitrogens is 1. The third-order valence-corrected chi connectivity index (χ3v) is 9.41. The number of allylic oxidation sites excluding steroid dienone is 7. The van der Waals surface area contributed by atoms with Crippen molar-refractivity contribution in [2.75, 3.05) is 47.5 Å². The van der Waals surface area contributed by atoms with Crippen LogP contribution in [0.1, 0.15) is 162 Å². The number of carbonyl (C=O) groups is 1. The lowest BCUT2D eigenvalue weighted by molar-refractivity contribution is -0.870. The van der Waals surface area contributed by atoms with Gasteiger partial charge in [0.15, 0.2) is 6.10 Å². The van der Waals surface area contributed by atoms with E-state index in [9.17, 15) is 14.3 Å². The zero-order valence-electron chi connectivity index (χ0n) is 33.5.